The molecule has 1 saturated carbocycles. The second-order valence-electron chi connectivity index (χ2n) is 8.01. The highest BCUT2D eigenvalue weighted by atomic mass is 15.3. The Bertz CT molecular complexity index is 1140. The number of aromatic nitrogens is 5. The average molecular weight is 387 g/mol. The van der Waals surface area contributed by atoms with Gasteiger partial charge >= 0.3 is 0 Å². The van der Waals surface area contributed by atoms with Gasteiger partial charge in [-0.2, -0.15) is 0 Å². The van der Waals surface area contributed by atoms with Crippen LogP contribution in [0.2, 0.25) is 0 Å². The highest BCUT2D eigenvalue weighted by molar-refractivity contribution is 5.86. The molecule has 1 aliphatic rings. The second kappa shape index (κ2) is 7.40. The summed E-state index contributed by atoms with van der Waals surface area (Å²) in [5.74, 6) is 0.692. The van der Waals surface area contributed by atoms with Crippen LogP contribution >= 0.6 is 0 Å². The first kappa shape index (κ1) is 18.0. The quantitative estimate of drug-likeness (QED) is 0.577. The number of hydrogen-bond acceptors (Lipinski definition) is 6. The maximum atomic E-state index is 4.69. The third-order valence-corrected chi connectivity index (χ3v) is 5.96. The first-order valence-electron chi connectivity index (χ1n) is 10.2. The second-order valence-corrected chi connectivity index (χ2v) is 8.01. The molecular formula is C22H25N7. The van der Waals surface area contributed by atoms with E-state index in [1.807, 2.05) is 23.0 Å². The molecular weight excluding hydrogens is 362 g/mol. The lowest BCUT2D eigenvalue weighted by Crippen LogP contribution is -2.36. The molecule has 7 heteroatoms. The molecule has 1 N–H and O–H groups in total. The molecule has 1 fully saturated rings. The van der Waals surface area contributed by atoms with E-state index in [1.54, 1.807) is 12.4 Å². The van der Waals surface area contributed by atoms with Crippen molar-refractivity contribution in [1.82, 2.24) is 29.5 Å². The first-order chi connectivity index (χ1) is 14.2. The van der Waals surface area contributed by atoms with Gasteiger partial charge in [-0.05, 0) is 63.5 Å². The van der Waals surface area contributed by atoms with Crippen LogP contribution in [-0.4, -0.2) is 55.6 Å². The minimum absolute atomic E-state index is 0.442. The molecule has 0 amide bonds. The molecule has 148 valence electrons. The van der Waals surface area contributed by atoms with Crippen molar-refractivity contribution in [3.05, 3.63) is 49.1 Å². The fourth-order valence-corrected chi connectivity index (χ4v) is 4.26. The number of fused-ring (bicyclic) bond motifs is 2. The third-order valence-electron chi connectivity index (χ3n) is 5.96. The van der Waals surface area contributed by atoms with Gasteiger partial charge in [-0.15, -0.1) is 5.10 Å². The van der Waals surface area contributed by atoms with E-state index in [4.69, 9.17) is 0 Å². The lowest BCUT2D eigenvalue weighted by atomic mass is 9.91. The molecule has 0 unspecified atom stereocenters. The fourth-order valence-electron chi connectivity index (χ4n) is 4.26. The van der Waals surface area contributed by atoms with Crippen molar-refractivity contribution < 1.29 is 0 Å². The largest absolute Gasteiger partial charge is 0.350 e. The van der Waals surface area contributed by atoms with Gasteiger partial charge in [0.25, 0.3) is 0 Å². The first-order valence-corrected chi connectivity index (χ1v) is 10.2. The monoisotopic (exact) mass is 387 g/mol. The standard InChI is InChI=1S/C22H25N7/c1-28(2)17-6-4-16(5-7-17)26-22-25-14-21-18(9-12-29(21)27-22)15-3-8-19-20(13-15)24-11-10-23-19/h3,8-14,16-17H,4-7H2,1-2H3,(H,26,27)/t16-,17-. The van der Waals surface area contributed by atoms with Crippen molar-refractivity contribution in [2.45, 2.75) is 37.8 Å². The Kier molecular flexibility index (Phi) is 4.60. The van der Waals surface area contributed by atoms with E-state index in [0.717, 1.165) is 40.5 Å². The zero-order chi connectivity index (χ0) is 19.8. The highest BCUT2D eigenvalue weighted by Crippen LogP contribution is 2.28. The van der Waals surface area contributed by atoms with Crippen molar-refractivity contribution in [3.63, 3.8) is 0 Å². The highest BCUT2D eigenvalue weighted by Gasteiger charge is 2.23. The normalized spacial score (nSPS) is 19.8. The van der Waals surface area contributed by atoms with E-state index in [2.05, 4.69) is 62.6 Å². The summed E-state index contributed by atoms with van der Waals surface area (Å²) in [5.41, 5.74) is 4.95. The Morgan fingerprint density at radius 2 is 1.76 bits per heavy atom. The van der Waals surface area contributed by atoms with Crippen LogP contribution in [0.15, 0.2) is 49.1 Å². The van der Waals surface area contributed by atoms with Crippen molar-refractivity contribution in [3.8, 4) is 11.1 Å². The van der Waals surface area contributed by atoms with Gasteiger partial charge in [0.15, 0.2) is 0 Å². The van der Waals surface area contributed by atoms with Crippen LogP contribution in [0.3, 0.4) is 0 Å². The Hall–Kier alpha value is -3.06. The number of benzene rings is 1. The number of anilines is 1. The van der Waals surface area contributed by atoms with Crippen LogP contribution in [0, 0.1) is 0 Å². The summed E-state index contributed by atoms with van der Waals surface area (Å²) in [7, 11) is 4.34. The predicted octanol–water partition coefficient (Wildman–Crippen LogP) is 3.62. The maximum Gasteiger partial charge on any atom is 0.241 e. The van der Waals surface area contributed by atoms with Gasteiger partial charge in [0.05, 0.1) is 22.7 Å². The molecule has 3 heterocycles. The SMILES string of the molecule is CN(C)[C@H]1CC[C@H](Nc2ncc3c(-c4ccc5nccnc5c4)ccn3n2)CC1. The predicted molar refractivity (Wildman–Crippen MR) is 115 cm³/mol. The van der Waals surface area contributed by atoms with Gasteiger partial charge in [-0.25, -0.2) is 9.50 Å². The van der Waals surface area contributed by atoms with Crippen molar-refractivity contribution >= 4 is 22.5 Å². The summed E-state index contributed by atoms with van der Waals surface area (Å²) in [6.45, 7) is 0. The summed E-state index contributed by atoms with van der Waals surface area (Å²) >= 11 is 0. The number of nitrogens with zero attached hydrogens (tertiary/aromatic N) is 6. The van der Waals surface area contributed by atoms with Gasteiger partial charge < -0.3 is 10.2 Å². The molecule has 4 aromatic rings. The van der Waals surface area contributed by atoms with Gasteiger partial charge in [-0.3, -0.25) is 9.97 Å². The lowest BCUT2D eigenvalue weighted by Gasteiger charge is -2.32. The Morgan fingerprint density at radius 3 is 2.55 bits per heavy atom. The molecule has 5 rings (SSSR count). The van der Waals surface area contributed by atoms with Crippen LogP contribution in [0.4, 0.5) is 5.95 Å². The van der Waals surface area contributed by atoms with Gasteiger partial charge in [0.2, 0.25) is 5.95 Å². The van der Waals surface area contributed by atoms with E-state index in [9.17, 15) is 0 Å². The zero-order valence-electron chi connectivity index (χ0n) is 16.8. The van der Waals surface area contributed by atoms with Crippen LogP contribution in [0.1, 0.15) is 25.7 Å². The number of nitrogens with one attached hydrogen (secondary N) is 1. The molecule has 0 atom stereocenters. The molecule has 0 spiro atoms. The molecule has 0 aliphatic heterocycles. The third kappa shape index (κ3) is 3.53. The Morgan fingerprint density at radius 1 is 0.966 bits per heavy atom. The van der Waals surface area contributed by atoms with Crippen LogP contribution in [0.25, 0.3) is 27.7 Å². The summed E-state index contributed by atoms with van der Waals surface area (Å²) in [4.78, 5) is 15.7. The molecule has 1 aromatic carbocycles. The Labute approximate surface area is 169 Å². The zero-order valence-corrected chi connectivity index (χ0v) is 16.8. The number of rotatable bonds is 4. The topological polar surface area (TPSA) is 71.2 Å². The maximum absolute atomic E-state index is 4.69. The van der Waals surface area contributed by atoms with Gasteiger partial charge in [0, 0.05) is 36.2 Å². The van der Waals surface area contributed by atoms with E-state index in [-0.39, 0.29) is 0 Å². The molecule has 0 saturated heterocycles. The molecule has 0 radical (unpaired) electrons. The minimum atomic E-state index is 0.442. The summed E-state index contributed by atoms with van der Waals surface area (Å²) in [5, 5.41) is 8.21. The van der Waals surface area contributed by atoms with Crippen LogP contribution in [-0.2, 0) is 0 Å². The van der Waals surface area contributed by atoms with E-state index in [0.29, 0.717) is 18.0 Å². The smallest absolute Gasteiger partial charge is 0.241 e. The van der Waals surface area contributed by atoms with E-state index in [1.165, 1.54) is 12.8 Å². The molecule has 3 aromatic heterocycles. The molecule has 7 nitrogen and oxygen atoms in total. The molecule has 29 heavy (non-hydrogen) atoms. The van der Waals surface area contributed by atoms with Gasteiger partial charge in [-0.1, -0.05) is 6.07 Å². The van der Waals surface area contributed by atoms with Crippen LogP contribution in [0.5, 0.6) is 0 Å². The van der Waals surface area contributed by atoms with Crippen molar-refractivity contribution in [2.75, 3.05) is 19.4 Å². The number of hydrogen-bond donors (Lipinski definition) is 1. The van der Waals surface area contributed by atoms with Crippen molar-refractivity contribution in [1.29, 1.82) is 0 Å². The van der Waals surface area contributed by atoms with Crippen molar-refractivity contribution in [2.24, 2.45) is 0 Å². The summed E-state index contributed by atoms with van der Waals surface area (Å²) in [6, 6.07) is 9.34. The summed E-state index contributed by atoms with van der Waals surface area (Å²) < 4.78 is 1.90. The Balaban J connectivity index is 1.37. The van der Waals surface area contributed by atoms with E-state index >= 15 is 0 Å². The fraction of sp³-hybridized carbons (Fsp3) is 0.364. The lowest BCUT2D eigenvalue weighted by molar-refractivity contribution is 0.221. The van der Waals surface area contributed by atoms with E-state index < -0.39 is 0 Å². The summed E-state index contributed by atoms with van der Waals surface area (Å²) in [6.07, 6.45) is 12.1. The van der Waals surface area contributed by atoms with Crippen LogP contribution < -0.4 is 5.32 Å². The molecule has 0 bridgehead atoms. The molecule has 1 aliphatic carbocycles. The average Bonchev–Trinajstić information content (AvgIpc) is 3.17. The van der Waals surface area contributed by atoms with Gasteiger partial charge in [0.1, 0.15) is 0 Å². The minimum Gasteiger partial charge on any atom is -0.350 e.